The minimum absolute atomic E-state index is 0. The lowest BCUT2D eigenvalue weighted by atomic mass is 10.00. The molecule has 1 atom stereocenters. The van der Waals surface area contributed by atoms with Crippen molar-refractivity contribution in [3.8, 4) is 5.75 Å². The molecular weight excluding hydrogens is 321 g/mol. The predicted octanol–water partition coefficient (Wildman–Crippen LogP) is 3.37. The van der Waals surface area contributed by atoms with Gasteiger partial charge in [-0.05, 0) is 18.2 Å². The second-order valence-corrected chi connectivity index (χ2v) is 5.25. The van der Waals surface area contributed by atoms with Crippen LogP contribution in [-0.2, 0) is 0 Å². The molecule has 1 saturated heterocycles. The van der Waals surface area contributed by atoms with Crippen molar-refractivity contribution in [2.45, 2.75) is 18.9 Å². The number of piperazine rings is 1. The number of halogens is 4. The molecule has 1 heterocycles. The van der Waals surface area contributed by atoms with Crippen molar-refractivity contribution >= 4 is 24.0 Å². The predicted molar refractivity (Wildman–Crippen MR) is 83.1 cm³/mol. The SMILES string of the molecule is COc1ccc(Cl)cc1[C@H](CC(F)F)N1CCNCC1.Cl. The molecule has 0 aliphatic carbocycles. The minimum atomic E-state index is -2.36. The monoisotopic (exact) mass is 340 g/mol. The number of nitrogens with zero attached hydrogens (tertiary/aromatic N) is 1. The van der Waals surface area contributed by atoms with E-state index in [0.717, 1.165) is 31.7 Å². The quantitative estimate of drug-likeness (QED) is 0.889. The number of nitrogens with one attached hydrogen (secondary N) is 1. The highest BCUT2D eigenvalue weighted by Crippen LogP contribution is 2.35. The smallest absolute Gasteiger partial charge is 0.240 e. The summed E-state index contributed by atoms with van der Waals surface area (Å²) < 4.78 is 31.2. The summed E-state index contributed by atoms with van der Waals surface area (Å²) in [4.78, 5) is 2.07. The maximum atomic E-state index is 12.9. The van der Waals surface area contributed by atoms with Gasteiger partial charge in [-0.3, -0.25) is 4.90 Å². The van der Waals surface area contributed by atoms with E-state index < -0.39 is 6.43 Å². The molecule has 0 saturated carbocycles. The molecule has 0 spiro atoms. The van der Waals surface area contributed by atoms with E-state index in [2.05, 4.69) is 10.2 Å². The molecule has 1 N–H and O–H groups in total. The summed E-state index contributed by atoms with van der Waals surface area (Å²) in [5.41, 5.74) is 0.738. The Kier molecular flexibility index (Phi) is 7.66. The van der Waals surface area contributed by atoms with Crippen LogP contribution in [0.2, 0.25) is 5.02 Å². The molecule has 0 amide bonds. The maximum absolute atomic E-state index is 12.9. The number of benzene rings is 1. The molecule has 1 aliphatic heterocycles. The fraction of sp³-hybridized carbons (Fsp3) is 0.571. The first-order chi connectivity index (χ1) is 9.61. The normalized spacial score (nSPS) is 17.4. The third-order valence-electron chi connectivity index (χ3n) is 3.54. The Bertz CT molecular complexity index is 443. The van der Waals surface area contributed by atoms with Gasteiger partial charge in [-0.2, -0.15) is 0 Å². The molecule has 2 rings (SSSR count). The summed E-state index contributed by atoms with van der Waals surface area (Å²) in [6, 6.07) is 4.81. The summed E-state index contributed by atoms with van der Waals surface area (Å²) in [7, 11) is 1.55. The first kappa shape index (κ1) is 18.4. The highest BCUT2D eigenvalue weighted by Gasteiger charge is 2.27. The van der Waals surface area contributed by atoms with Crippen LogP contribution in [0.25, 0.3) is 0 Å². The number of rotatable bonds is 5. The standard InChI is InChI=1S/C14H19ClF2N2O.ClH/c1-20-13-3-2-10(15)8-11(13)12(9-14(16)17)19-6-4-18-5-7-19;/h2-3,8,12,14,18H,4-7,9H2,1H3;1H/t12-;/m0./s1. The van der Waals surface area contributed by atoms with Crippen molar-refractivity contribution in [1.29, 1.82) is 0 Å². The first-order valence-electron chi connectivity index (χ1n) is 6.68. The lowest BCUT2D eigenvalue weighted by Gasteiger charge is -2.35. The molecule has 0 radical (unpaired) electrons. The average Bonchev–Trinajstić information content (AvgIpc) is 2.45. The molecule has 0 bridgehead atoms. The van der Waals surface area contributed by atoms with Crippen LogP contribution in [-0.4, -0.2) is 44.6 Å². The van der Waals surface area contributed by atoms with E-state index in [0.29, 0.717) is 10.8 Å². The second-order valence-electron chi connectivity index (χ2n) is 4.81. The second kappa shape index (κ2) is 8.73. The van der Waals surface area contributed by atoms with E-state index in [1.165, 1.54) is 0 Å². The molecule has 3 nitrogen and oxygen atoms in total. The maximum Gasteiger partial charge on any atom is 0.240 e. The number of hydrogen-bond acceptors (Lipinski definition) is 3. The number of alkyl halides is 2. The molecule has 1 fully saturated rings. The third kappa shape index (κ3) is 4.95. The Morgan fingerprint density at radius 1 is 1.33 bits per heavy atom. The van der Waals surface area contributed by atoms with Gasteiger partial charge in [0, 0.05) is 49.2 Å². The van der Waals surface area contributed by atoms with Crippen LogP contribution in [0.4, 0.5) is 8.78 Å². The van der Waals surface area contributed by atoms with Crippen LogP contribution in [0.3, 0.4) is 0 Å². The fourth-order valence-corrected chi connectivity index (χ4v) is 2.78. The number of hydrogen-bond donors (Lipinski definition) is 1. The van der Waals surface area contributed by atoms with Crippen molar-refractivity contribution in [3.63, 3.8) is 0 Å². The van der Waals surface area contributed by atoms with E-state index >= 15 is 0 Å². The van der Waals surface area contributed by atoms with Crippen LogP contribution in [0.1, 0.15) is 18.0 Å². The van der Waals surface area contributed by atoms with E-state index in [9.17, 15) is 8.78 Å². The van der Waals surface area contributed by atoms with Crippen LogP contribution in [0.5, 0.6) is 5.75 Å². The summed E-state index contributed by atoms with van der Waals surface area (Å²) in [6.45, 7) is 3.10. The van der Waals surface area contributed by atoms with Crippen LogP contribution in [0, 0.1) is 0 Å². The van der Waals surface area contributed by atoms with Gasteiger partial charge in [0.25, 0.3) is 0 Å². The van der Waals surface area contributed by atoms with Gasteiger partial charge < -0.3 is 10.1 Å². The van der Waals surface area contributed by atoms with E-state index in [-0.39, 0.29) is 24.9 Å². The Morgan fingerprint density at radius 2 is 2.00 bits per heavy atom. The highest BCUT2D eigenvalue weighted by molar-refractivity contribution is 6.30. The van der Waals surface area contributed by atoms with Gasteiger partial charge in [-0.25, -0.2) is 8.78 Å². The van der Waals surface area contributed by atoms with Crippen molar-refractivity contribution in [2.75, 3.05) is 33.3 Å². The number of methoxy groups -OCH3 is 1. The minimum Gasteiger partial charge on any atom is -0.496 e. The largest absolute Gasteiger partial charge is 0.496 e. The zero-order valence-corrected chi connectivity index (χ0v) is 13.4. The summed E-state index contributed by atoms with van der Waals surface area (Å²) >= 11 is 6.02. The molecule has 7 heteroatoms. The summed E-state index contributed by atoms with van der Waals surface area (Å²) in [5, 5.41) is 3.77. The van der Waals surface area contributed by atoms with Gasteiger partial charge in [-0.1, -0.05) is 11.6 Å². The summed E-state index contributed by atoms with van der Waals surface area (Å²) in [5.74, 6) is 0.610. The van der Waals surface area contributed by atoms with Crippen LogP contribution < -0.4 is 10.1 Å². The van der Waals surface area contributed by atoms with Crippen LogP contribution in [0.15, 0.2) is 18.2 Å². The van der Waals surface area contributed by atoms with Gasteiger partial charge in [0.15, 0.2) is 0 Å². The Balaban J connectivity index is 0.00000220. The highest BCUT2D eigenvalue weighted by atomic mass is 35.5. The Morgan fingerprint density at radius 3 is 2.57 bits per heavy atom. The van der Waals surface area contributed by atoms with Crippen molar-refractivity contribution in [2.24, 2.45) is 0 Å². The third-order valence-corrected chi connectivity index (χ3v) is 3.78. The van der Waals surface area contributed by atoms with Gasteiger partial charge in [0.05, 0.1) is 7.11 Å². The molecular formula is C14H20Cl2F2N2O. The molecule has 0 aromatic heterocycles. The van der Waals surface area contributed by atoms with Gasteiger partial charge in [-0.15, -0.1) is 12.4 Å². The lowest BCUT2D eigenvalue weighted by molar-refractivity contribution is 0.0729. The van der Waals surface area contributed by atoms with E-state index in [1.807, 2.05) is 0 Å². The molecule has 120 valence electrons. The van der Waals surface area contributed by atoms with Gasteiger partial charge in [0.1, 0.15) is 5.75 Å². The van der Waals surface area contributed by atoms with Gasteiger partial charge in [0.2, 0.25) is 6.43 Å². The first-order valence-corrected chi connectivity index (χ1v) is 7.06. The number of ether oxygens (including phenoxy) is 1. The van der Waals surface area contributed by atoms with Gasteiger partial charge >= 0.3 is 0 Å². The zero-order valence-electron chi connectivity index (χ0n) is 11.8. The molecule has 21 heavy (non-hydrogen) atoms. The van der Waals surface area contributed by atoms with E-state index in [4.69, 9.17) is 16.3 Å². The Labute approximate surface area is 135 Å². The molecule has 1 aromatic rings. The average molecular weight is 341 g/mol. The summed E-state index contributed by atoms with van der Waals surface area (Å²) in [6.07, 6.45) is -2.57. The van der Waals surface area contributed by atoms with Crippen LogP contribution >= 0.6 is 24.0 Å². The molecule has 1 aliphatic rings. The topological polar surface area (TPSA) is 24.5 Å². The Hall–Kier alpha value is -0.620. The van der Waals surface area contributed by atoms with Crippen molar-refractivity contribution < 1.29 is 13.5 Å². The van der Waals surface area contributed by atoms with E-state index in [1.54, 1.807) is 25.3 Å². The van der Waals surface area contributed by atoms with Crippen molar-refractivity contribution in [1.82, 2.24) is 10.2 Å². The van der Waals surface area contributed by atoms with Crippen molar-refractivity contribution in [3.05, 3.63) is 28.8 Å². The fourth-order valence-electron chi connectivity index (χ4n) is 2.60. The molecule has 1 aromatic carbocycles. The molecule has 0 unspecified atom stereocenters. The zero-order chi connectivity index (χ0) is 14.5. The lowest BCUT2D eigenvalue weighted by Crippen LogP contribution is -2.45.